The molecule has 2 aliphatic rings. The standard InChI is InChI=1S/C13H18N2OS/c1-2-4-9-7-10(9)15-12(16)8-14-13(15)11-5-3-6-17-11/h3,5-6,9-10,13-14H,2,4,7-8H2,1H3. The highest BCUT2D eigenvalue weighted by Crippen LogP contribution is 2.44. The van der Waals surface area contributed by atoms with E-state index in [1.807, 2.05) is 0 Å². The fraction of sp³-hybridized carbons (Fsp3) is 0.615. The van der Waals surface area contributed by atoms with Gasteiger partial charge in [-0.2, -0.15) is 0 Å². The predicted octanol–water partition coefficient (Wildman–Crippen LogP) is 2.37. The Morgan fingerprint density at radius 1 is 1.59 bits per heavy atom. The minimum Gasteiger partial charge on any atom is -0.318 e. The summed E-state index contributed by atoms with van der Waals surface area (Å²) in [6, 6.07) is 4.66. The number of rotatable bonds is 4. The van der Waals surface area contributed by atoms with Gasteiger partial charge in [-0.25, -0.2) is 0 Å². The van der Waals surface area contributed by atoms with Crippen molar-refractivity contribution in [3.05, 3.63) is 22.4 Å². The summed E-state index contributed by atoms with van der Waals surface area (Å²) in [4.78, 5) is 15.3. The highest BCUT2D eigenvalue weighted by molar-refractivity contribution is 7.10. The smallest absolute Gasteiger partial charge is 0.238 e. The fourth-order valence-corrected chi connectivity index (χ4v) is 3.63. The molecular weight excluding hydrogens is 232 g/mol. The van der Waals surface area contributed by atoms with Gasteiger partial charge >= 0.3 is 0 Å². The number of hydrogen-bond acceptors (Lipinski definition) is 3. The summed E-state index contributed by atoms with van der Waals surface area (Å²) in [5.41, 5.74) is 0. The first kappa shape index (κ1) is 11.2. The number of carbonyl (C=O) groups excluding carboxylic acids is 1. The number of amides is 1. The van der Waals surface area contributed by atoms with Crippen LogP contribution < -0.4 is 5.32 Å². The lowest BCUT2D eigenvalue weighted by Gasteiger charge is -2.24. The fourth-order valence-electron chi connectivity index (χ4n) is 2.83. The van der Waals surface area contributed by atoms with Crippen LogP contribution in [0.5, 0.6) is 0 Å². The Bertz CT molecular complexity index is 404. The molecular formula is C13H18N2OS. The van der Waals surface area contributed by atoms with Gasteiger partial charge in [-0.1, -0.05) is 19.4 Å². The molecule has 17 heavy (non-hydrogen) atoms. The minimum atomic E-state index is 0.134. The SMILES string of the molecule is CCCC1CC1N1C(=O)CNC1c1cccs1. The number of nitrogens with zero attached hydrogens (tertiary/aromatic N) is 1. The van der Waals surface area contributed by atoms with Crippen LogP contribution in [0.3, 0.4) is 0 Å². The average Bonchev–Trinajstić information content (AvgIpc) is 2.78. The lowest BCUT2D eigenvalue weighted by atomic mass is 10.2. The monoisotopic (exact) mass is 250 g/mol. The first-order valence-electron chi connectivity index (χ1n) is 6.39. The topological polar surface area (TPSA) is 32.3 Å². The average molecular weight is 250 g/mol. The Balaban J connectivity index is 1.75. The van der Waals surface area contributed by atoms with Crippen molar-refractivity contribution >= 4 is 17.2 Å². The normalized spacial score (nSPS) is 32.2. The molecule has 2 fully saturated rings. The number of thiophene rings is 1. The van der Waals surface area contributed by atoms with Crippen LogP contribution in [0.25, 0.3) is 0 Å². The van der Waals surface area contributed by atoms with Gasteiger partial charge in [0.2, 0.25) is 5.91 Å². The van der Waals surface area contributed by atoms with Crippen molar-refractivity contribution in [2.75, 3.05) is 6.54 Å². The van der Waals surface area contributed by atoms with Crippen LogP contribution in [0, 0.1) is 5.92 Å². The van der Waals surface area contributed by atoms with Crippen LogP contribution in [-0.2, 0) is 4.79 Å². The third-order valence-electron chi connectivity index (χ3n) is 3.73. The lowest BCUT2D eigenvalue weighted by Crippen LogP contribution is -2.32. The molecule has 3 atom stereocenters. The van der Waals surface area contributed by atoms with Crippen molar-refractivity contribution in [2.24, 2.45) is 5.92 Å². The first-order valence-corrected chi connectivity index (χ1v) is 7.27. The molecule has 1 saturated heterocycles. The molecule has 3 nitrogen and oxygen atoms in total. The van der Waals surface area contributed by atoms with E-state index in [2.05, 4.69) is 34.7 Å². The second kappa shape index (κ2) is 4.42. The van der Waals surface area contributed by atoms with Crippen molar-refractivity contribution in [1.82, 2.24) is 10.2 Å². The third-order valence-corrected chi connectivity index (χ3v) is 4.65. The van der Waals surface area contributed by atoms with Crippen molar-refractivity contribution in [1.29, 1.82) is 0 Å². The molecule has 3 unspecified atom stereocenters. The zero-order valence-electron chi connectivity index (χ0n) is 10.1. The predicted molar refractivity (Wildman–Crippen MR) is 68.7 cm³/mol. The van der Waals surface area contributed by atoms with Gasteiger partial charge in [0.1, 0.15) is 6.17 Å². The van der Waals surface area contributed by atoms with E-state index in [0.717, 1.165) is 5.92 Å². The highest BCUT2D eigenvalue weighted by atomic mass is 32.1. The maximum Gasteiger partial charge on any atom is 0.238 e. The summed E-state index contributed by atoms with van der Waals surface area (Å²) in [6.45, 7) is 2.72. The van der Waals surface area contributed by atoms with Gasteiger partial charge in [0.05, 0.1) is 6.54 Å². The third kappa shape index (κ3) is 2.00. The maximum absolute atomic E-state index is 12.0. The first-order chi connectivity index (χ1) is 8.31. The van der Waals surface area contributed by atoms with Gasteiger partial charge in [-0.15, -0.1) is 11.3 Å². The van der Waals surface area contributed by atoms with Gasteiger partial charge in [0, 0.05) is 10.9 Å². The quantitative estimate of drug-likeness (QED) is 0.889. The Morgan fingerprint density at radius 2 is 2.47 bits per heavy atom. The van der Waals surface area contributed by atoms with E-state index in [9.17, 15) is 4.79 Å². The number of nitrogens with one attached hydrogen (secondary N) is 1. The second-order valence-corrected chi connectivity index (χ2v) is 5.93. The van der Waals surface area contributed by atoms with Gasteiger partial charge in [0.25, 0.3) is 0 Å². The van der Waals surface area contributed by atoms with E-state index >= 15 is 0 Å². The molecule has 1 N–H and O–H groups in total. The van der Waals surface area contributed by atoms with Gasteiger partial charge in [-0.3, -0.25) is 10.1 Å². The van der Waals surface area contributed by atoms with Crippen LogP contribution in [-0.4, -0.2) is 23.4 Å². The van der Waals surface area contributed by atoms with Crippen LogP contribution in [0.4, 0.5) is 0 Å². The van der Waals surface area contributed by atoms with Crippen LogP contribution in [0.2, 0.25) is 0 Å². The number of hydrogen-bond donors (Lipinski definition) is 1. The van der Waals surface area contributed by atoms with Crippen LogP contribution >= 0.6 is 11.3 Å². The van der Waals surface area contributed by atoms with E-state index < -0.39 is 0 Å². The molecule has 1 aromatic rings. The molecule has 1 aliphatic carbocycles. The van der Waals surface area contributed by atoms with Crippen molar-refractivity contribution in [3.8, 4) is 0 Å². The molecule has 0 spiro atoms. The van der Waals surface area contributed by atoms with E-state index in [1.165, 1.54) is 24.1 Å². The van der Waals surface area contributed by atoms with E-state index in [0.29, 0.717) is 12.6 Å². The van der Waals surface area contributed by atoms with Crippen LogP contribution in [0.1, 0.15) is 37.2 Å². The summed E-state index contributed by atoms with van der Waals surface area (Å²) >= 11 is 1.73. The molecule has 1 aliphatic heterocycles. The van der Waals surface area contributed by atoms with Gasteiger partial charge in [-0.05, 0) is 30.2 Å². The van der Waals surface area contributed by atoms with Crippen molar-refractivity contribution in [3.63, 3.8) is 0 Å². The summed E-state index contributed by atoms with van der Waals surface area (Å²) in [6.07, 6.45) is 3.81. The Morgan fingerprint density at radius 3 is 3.18 bits per heavy atom. The highest BCUT2D eigenvalue weighted by Gasteiger charge is 2.48. The molecule has 92 valence electrons. The zero-order chi connectivity index (χ0) is 11.8. The summed E-state index contributed by atoms with van der Waals surface area (Å²) < 4.78 is 0. The molecule has 0 aromatic carbocycles. The van der Waals surface area contributed by atoms with Crippen molar-refractivity contribution in [2.45, 2.75) is 38.4 Å². The van der Waals surface area contributed by atoms with E-state index in [4.69, 9.17) is 0 Å². The largest absolute Gasteiger partial charge is 0.318 e. The second-order valence-electron chi connectivity index (χ2n) is 4.95. The van der Waals surface area contributed by atoms with E-state index in [-0.39, 0.29) is 12.1 Å². The van der Waals surface area contributed by atoms with Gasteiger partial charge < -0.3 is 4.90 Å². The van der Waals surface area contributed by atoms with Gasteiger partial charge in [0.15, 0.2) is 0 Å². The van der Waals surface area contributed by atoms with Crippen molar-refractivity contribution < 1.29 is 4.79 Å². The molecule has 3 rings (SSSR count). The zero-order valence-corrected chi connectivity index (χ0v) is 10.9. The Hall–Kier alpha value is -0.870. The summed E-state index contributed by atoms with van der Waals surface area (Å²) in [5.74, 6) is 1.01. The molecule has 1 saturated carbocycles. The Labute approximate surface area is 106 Å². The summed E-state index contributed by atoms with van der Waals surface area (Å²) in [7, 11) is 0. The lowest BCUT2D eigenvalue weighted by molar-refractivity contribution is -0.128. The summed E-state index contributed by atoms with van der Waals surface area (Å²) in [5, 5.41) is 5.41. The molecule has 0 bridgehead atoms. The molecule has 0 radical (unpaired) electrons. The van der Waals surface area contributed by atoms with Crippen LogP contribution in [0.15, 0.2) is 17.5 Å². The maximum atomic E-state index is 12.0. The molecule has 1 amide bonds. The molecule has 1 aromatic heterocycles. The number of carbonyl (C=O) groups is 1. The molecule has 2 heterocycles. The van der Waals surface area contributed by atoms with E-state index in [1.54, 1.807) is 11.3 Å². The Kier molecular flexibility index (Phi) is 2.92. The minimum absolute atomic E-state index is 0.134. The molecule has 4 heteroatoms.